The van der Waals surface area contributed by atoms with Crippen LogP contribution >= 0.6 is 0 Å². The zero-order valence-electron chi connectivity index (χ0n) is 11.3. The molecule has 18 heavy (non-hydrogen) atoms. The van der Waals surface area contributed by atoms with Crippen molar-refractivity contribution in [3.63, 3.8) is 0 Å². The lowest BCUT2D eigenvalue weighted by Crippen LogP contribution is -2.41. The van der Waals surface area contributed by atoms with Crippen molar-refractivity contribution in [1.29, 1.82) is 0 Å². The molecule has 0 atom stereocenters. The SMILES string of the molecule is CC1(C)O[B]OC1(C)C.NC(=O)c1ccccc1. The number of hydrogen-bond acceptors (Lipinski definition) is 3. The molecule has 1 aromatic rings. The van der Waals surface area contributed by atoms with Gasteiger partial charge in [0, 0.05) is 5.56 Å². The van der Waals surface area contributed by atoms with E-state index in [1.165, 1.54) is 7.69 Å². The van der Waals surface area contributed by atoms with Gasteiger partial charge in [0.05, 0.1) is 11.2 Å². The average molecular weight is 248 g/mol. The second-order valence-corrected chi connectivity index (χ2v) is 5.08. The van der Waals surface area contributed by atoms with E-state index in [1.807, 2.05) is 33.8 Å². The topological polar surface area (TPSA) is 61.6 Å². The Bertz CT molecular complexity index is 390. The first-order valence-electron chi connectivity index (χ1n) is 5.78. The van der Waals surface area contributed by atoms with Crippen LogP contribution in [0.3, 0.4) is 0 Å². The van der Waals surface area contributed by atoms with Gasteiger partial charge in [0.1, 0.15) is 0 Å². The van der Waals surface area contributed by atoms with E-state index >= 15 is 0 Å². The van der Waals surface area contributed by atoms with E-state index in [0.717, 1.165) is 0 Å². The number of benzene rings is 1. The molecule has 1 heterocycles. The van der Waals surface area contributed by atoms with E-state index in [2.05, 4.69) is 0 Å². The van der Waals surface area contributed by atoms with Crippen LogP contribution in [0.4, 0.5) is 0 Å². The molecule has 0 aliphatic carbocycles. The largest absolute Gasteiger partial charge is 0.488 e. The van der Waals surface area contributed by atoms with Crippen LogP contribution in [-0.4, -0.2) is 24.8 Å². The fourth-order valence-corrected chi connectivity index (χ4v) is 1.15. The number of primary amides is 1. The summed E-state index contributed by atoms with van der Waals surface area (Å²) >= 11 is 0. The van der Waals surface area contributed by atoms with Gasteiger partial charge in [-0.25, -0.2) is 0 Å². The molecule has 1 amide bonds. The highest BCUT2D eigenvalue weighted by Crippen LogP contribution is 2.33. The van der Waals surface area contributed by atoms with Crippen LogP contribution in [0.1, 0.15) is 38.1 Å². The Balaban J connectivity index is 0.000000180. The van der Waals surface area contributed by atoms with Gasteiger partial charge < -0.3 is 15.0 Å². The van der Waals surface area contributed by atoms with Crippen LogP contribution in [0.25, 0.3) is 0 Å². The molecular formula is C13H19BNO3. The highest BCUT2D eigenvalue weighted by molar-refractivity contribution is 6.19. The van der Waals surface area contributed by atoms with Gasteiger partial charge in [-0.2, -0.15) is 0 Å². The number of carbonyl (C=O) groups is 1. The zero-order valence-corrected chi connectivity index (χ0v) is 11.3. The van der Waals surface area contributed by atoms with Crippen LogP contribution in [0.15, 0.2) is 30.3 Å². The predicted molar refractivity (Wildman–Crippen MR) is 71.0 cm³/mol. The van der Waals surface area contributed by atoms with E-state index in [4.69, 9.17) is 15.0 Å². The highest BCUT2D eigenvalue weighted by atomic mass is 16.7. The van der Waals surface area contributed by atoms with Crippen LogP contribution < -0.4 is 5.73 Å². The van der Waals surface area contributed by atoms with Crippen molar-refractivity contribution in [1.82, 2.24) is 0 Å². The summed E-state index contributed by atoms with van der Waals surface area (Å²) in [5, 5.41) is 0. The third kappa shape index (κ3) is 3.58. The molecule has 0 aromatic heterocycles. The molecule has 4 nitrogen and oxygen atoms in total. The number of nitrogens with two attached hydrogens (primary N) is 1. The van der Waals surface area contributed by atoms with Gasteiger partial charge in [-0.15, -0.1) is 0 Å². The molecule has 2 N–H and O–H groups in total. The van der Waals surface area contributed by atoms with Gasteiger partial charge in [-0.1, -0.05) is 18.2 Å². The Hall–Kier alpha value is -1.33. The molecule has 5 heteroatoms. The van der Waals surface area contributed by atoms with Crippen molar-refractivity contribution in [3.8, 4) is 0 Å². The van der Waals surface area contributed by atoms with Crippen LogP contribution in [0.2, 0.25) is 0 Å². The summed E-state index contributed by atoms with van der Waals surface area (Å²) in [6.07, 6.45) is 0. The minimum atomic E-state index is -0.379. The molecule has 1 aliphatic rings. The summed E-state index contributed by atoms with van der Waals surface area (Å²) in [5.41, 5.74) is 5.15. The van der Waals surface area contributed by atoms with Gasteiger partial charge in [0.25, 0.3) is 0 Å². The van der Waals surface area contributed by atoms with Gasteiger partial charge in [-0.3, -0.25) is 4.79 Å². The molecule has 2 rings (SSSR count). The van der Waals surface area contributed by atoms with Gasteiger partial charge >= 0.3 is 7.69 Å². The summed E-state index contributed by atoms with van der Waals surface area (Å²) in [7, 11) is 1.42. The van der Waals surface area contributed by atoms with E-state index < -0.39 is 0 Å². The lowest BCUT2D eigenvalue weighted by atomic mass is 9.90. The summed E-state index contributed by atoms with van der Waals surface area (Å²) < 4.78 is 10.4. The predicted octanol–water partition coefficient (Wildman–Crippen LogP) is 1.91. The summed E-state index contributed by atoms with van der Waals surface area (Å²) in [6.45, 7) is 8.04. The second kappa shape index (κ2) is 5.54. The van der Waals surface area contributed by atoms with Crippen molar-refractivity contribution in [2.24, 2.45) is 5.73 Å². The third-order valence-electron chi connectivity index (χ3n) is 3.19. The summed E-state index contributed by atoms with van der Waals surface area (Å²) in [6, 6.07) is 8.76. The fraction of sp³-hybridized carbons (Fsp3) is 0.462. The maximum Gasteiger partial charge on any atom is 0.488 e. The molecule has 1 aliphatic heterocycles. The number of hydrogen-bond donors (Lipinski definition) is 1. The minimum absolute atomic E-state index is 0.187. The first-order chi connectivity index (χ1) is 8.26. The van der Waals surface area contributed by atoms with Crippen molar-refractivity contribution < 1.29 is 14.1 Å². The standard InChI is InChI=1S/C7H7NO.C6H12BO2/c8-7(9)6-4-2-1-3-5-6;1-5(2)6(3,4)9-7-8-5/h1-5H,(H2,8,9);1-4H3. The van der Waals surface area contributed by atoms with Crippen molar-refractivity contribution in [2.45, 2.75) is 38.9 Å². The Morgan fingerprint density at radius 3 is 1.72 bits per heavy atom. The second-order valence-electron chi connectivity index (χ2n) is 5.08. The molecule has 1 radical (unpaired) electrons. The first-order valence-corrected chi connectivity index (χ1v) is 5.78. The lowest BCUT2D eigenvalue weighted by Gasteiger charge is -2.32. The monoisotopic (exact) mass is 248 g/mol. The highest BCUT2D eigenvalue weighted by Gasteiger charge is 2.44. The molecular weight excluding hydrogens is 229 g/mol. The molecule has 0 bridgehead atoms. The van der Waals surface area contributed by atoms with E-state index in [9.17, 15) is 4.79 Å². The van der Waals surface area contributed by atoms with E-state index in [-0.39, 0.29) is 17.1 Å². The minimum Gasteiger partial charge on any atom is -0.405 e. The summed E-state index contributed by atoms with van der Waals surface area (Å²) in [5.74, 6) is -0.379. The van der Waals surface area contributed by atoms with E-state index in [1.54, 1.807) is 24.3 Å². The number of rotatable bonds is 1. The molecule has 97 valence electrons. The average Bonchev–Trinajstić information content (AvgIpc) is 2.53. The maximum atomic E-state index is 10.4. The molecule has 1 fully saturated rings. The Labute approximate surface area is 109 Å². The van der Waals surface area contributed by atoms with Crippen molar-refractivity contribution in [2.75, 3.05) is 0 Å². The normalized spacial score (nSPS) is 19.3. The smallest absolute Gasteiger partial charge is 0.405 e. The maximum absolute atomic E-state index is 10.4. The molecule has 0 spiro atoms. The molecule has 1 aromatic carbocycles. The molecule has 0 saturated carbocycles. The lowest BCUT2D eigenvalue weighted by molar-refractivity contribution is 0.00578. The van der Waals surface area contributed by atoms with Gasteiger partial charge in [0.15, 0.2) is 0 Å². The Morgan fingerprint density at radius 1 is 1.06 bits per heavy atom. The Kier molecular flexibility index (Phi) is 4.54. The quantitative estimate of drug-likeness (QED) is 0.772. The number of amides is 1. The van der Waals surface area contributed by atoms with Gasteiger partial charge in [0.2, 0.25) is 5.91 Å². The van der Waals surface area contributed by atoms with Gasteiger partial charge in [-0.05, 0) is 39.8 Å². The fourth-order valence-electron chi connectivity index (χ4n) is 1.15. The zero-order chi connectivity index (χ0) is 13.8. The first kappa shape index (κ1) is 14.7. The van der Waals surface area contributed by atoms with Crippen LogP contribution in [-0.2, 0) is 9.31 Å². The third-order valence-corrected chi connectivity index (χ3v) is 3.19. The van der Waals surface area contributed by atoms with E-state index in [0.29, 0.717) is 5.56 Å². The Morgan fingerprint density at radius 2 is 1.50 bits per heavy atom. The molecule has 1 saturated heterocycles. The van der Waals surface area contributed by atoms with Crippen molar-refractivity contribution in [3.05, 3.63) is 35.9 Å². The van der Waals surface area contributed by atoms with Crippen molar-refractivity contribution >= 4 is 13.6 Å². The number of carbonyl (C=O) groups excluding carboxylic acids is 1. The van der Waals surface area contributed by atoms with Crippen LogP contribution in [0, 0.1) is 0 Å². The summed E-state index contributed by atoms with van der Waals surface area (Å²) in [4.78, 5) is 10.4. The van der Waals surface area contributed by atoms with Crippen LogP contribution in [0.5, 0.6) is 0 Å². The molecule has 0 unspecified atom stereocenters.